The molecule has 0 radical (unpaired) electrons. The number of benzene rings is 1. The van der Waals surface area contributed by atoms with Gasteiger partial charge in [-0.25, -0.2) is 0 Å². The zero-order valence-corrected chi connectivity index (χ0v) is 11.5. The summed E-state index contributed by atoms with van der Waals surface area (Å²) in [7, 11) is 0. The normalized spacial score (nSPS) is 12.2. The van der Waals surface area contributed by atoms with Crippen LogP contribution in [0.2, 0.25) is 0 Å². The quantitative estimate of drug-likeness (QED) is 0.689. The third-order valence-electron chi connectivity index (χ3n) is 3.02. The van der Waals surface area contributed by atoms with Crippen molar-refractivity contribution in [2.24, 2.45) is 0 Å². The second-order valence-electron chi connectivity index (χ2n) is 4.31. The largest absolute Gasteiger partial charge is 0.277 e. The first-order valence-corrected chi connectivity index (χ1v) is 7.24. The highest BCUT2D eigenvalue weighted by Gasteiger charge is 2.13. The van der Waals surface area contributed by atoms with Crippen LogP contribution in [-0.2, 0) is 0 Å². The van der Waals surface area contributed by atoms with Crippen LogP contribution in [0.3, 0.4) is 0 Å². The first kappa shape index (κ1) is 12.7. The second-order valence-corrected chi connectivity index (χ2v) is 5.30. The van der Waals surface area contributed by atoms with Crippen molar-refractivity contribution in [3.8, 4) is 6.07 Å². The maximum absolute atomic E-state index is 9.32. The van der Waals surface area contributed by atoms with E-state index >= 15 is 0 Å². The lowest BCUT2D eigenvalue weighted by Gasteiger charge is -2.07. The van der Waals surface area contributed by atoms with Crippen molar-refractivity contribution >= 4 is 17.4 Å². The van der Waals surface area contributed by atoms with E-state index in [0.717, 1.165) is 16.4 Å². The number of rotatable bonds is 4. The molecule has 20 heavy (non-hydrogen) atoms. The number of nitriles is 1. The fraction of sp³-hybridized carbons (Fsp3) is 0.133. The molecule has 0 bridgehead atoms. The van der Waals surface area contributed by atoms with E-state index in [0.29, 0.717) is 5.75 Å². The van der Waals surface area contributed by atoms with E-state index < -0.39 is 0 Å². The minimum atomic E-state index is -0.141. The Bertz CT molecular complexity index is 745. The molecule has 0 saturated carbocycles. The predicted octanol–water partition coefficient (Wildman–Crippen LogP) is 3.13. The SMILES string of the molecule is N#CC(CSc1nnc2ccccn12)c1ccccc1. The molecule has 3 rings (SSSR count). The maximum Gasteiger partial charge on any atom is 0.195 e. The lowest BCUT2D eigenvalue weighted by molar-refractivity contribution is 0.911. The van der Waals surface area contributed by atoms with Gasteiger partial charge in [-0.3, -0.25) is 4.40 Å². The van der Waals surface area contributed by atoms with Gasteiger partial charge in [0.1, 0.15) is 0 Å². The fourth-order valence-electron chi connectivity index (χ4n) is 1.97. The van der Waals surface area contributed by atoms with Crippen LogP contribution in [0, 0.1) is 11.3 Å². The summed E-state index contributed by atoms with van der Waals surface area (Å²) < 4.78 is 1.93. The number of thioether (sulfide) groups is 1. The average Bonchev–Trinajstić information content (AvgIpc) is 2.92. The topological polar surface area (TPSA) is 54.0 Å². The van der Waals surface area contributed by atoms with E-state index in [2.05, 4.69) is 16.3 Å². The van der Waals surface area contributed by atoms with E-state index in [4.69, 9.17) is 0 Å². The first-order chi connectivity index (χ1) is 9.88. The van der Waals surface area contributed by atoms with Gasteiger partial charge >= 0.3 is 0 Å². The Morgan fingerprint density at radius 2 is 1.90 bits per heavy atom. The fourth-order valence-corrected chi connectivity index (χ4v) is 2.94. The van der Waals surface area contributed by atoms with E-state index in [1.54, 1.807) is 11.8 Å². The highest BCUT2D eigenvalue weighted by atomic mass is 32.2. The van der Waals surface area contributed by atoms with Crippen LogP contribution >= 0.6 is 11.8 Å². The van der Waals surface area contributed by atoms with Gasteiger partial charge in [0.2, 0.25) is 0 Å². The Morgan fingerprint density at radius 1 is 1.10 bits per heavy atom. The predicted molar refractivity (Wildman–Crippen MR) is 78.5 cm³/mol. The van der Waals surface area contributed by atoms with Crippen LogP contribution in [0.1, 0.15) is 11.5 Å². The van der Waals surface area contributed by atoms with Crippen LogP contribution < -0.4 is 0 Å². The number of hydrogen-bond acceptors (Lipinski definition) is 4. The smallest absolute Gasteiger partial charge is 0.195 e. The first-order valence-electron chi connectivity index (χ1n) is 6.25. The van der Waals surface area contributed by atoms with Crippen molar-refractivity contribution in [3.05, 3.63) is 60.3 Å². The minimum Gasteiger partial charge on any atom is -0.277 e. The molecule has 4 nitrogen and oxygen atoms in total. The molecule has 0 saturated heterocycles. The van der Waals surface area contributed by atoms with E-state index in [-0.39, 0.29) is 5.92 Å². The summed E-state index contributed by atoms with van der Waals surface area (Å²) in [5.74, 6) is 0.521. The van der Waals surface area contributed by atoms with Gasteiger partial charge in [-0.05, 0) is 17.7 Å². The molecule has 1 aromatic carbocycles. The third-order valence-corrected chi connectivity index (χ3v) is 4.06. The third kappa shape index (κ3) is 2.51. The summed E-state index contributed by atoms with van der Waals surface area (Å²) in [6, 6.07) is 18.0. The van der Waals surface area contributed by atoms with Crippen molar-refractivity contribution in [2.75, 3.05) is 5.75 Å². The molecule has 0 aliphatic heterocycles. The molecule has 1 atom stereocenters. The Morgan fingerprint density at radius 3 is 2.70 bits per heavy atom. The van der Waals surface area contributed by atoms with Crippen LogP contribution in [0.15, 0.2) is 59.9 Å². The summed E-state index contributed by atoms with van der Waals surface area (Å²) in [4.78, 5) is 0. The van der Waals surface area contributed by atoms with Crippen molar-refractivity contribution in [1.29, 1.82) is 5.26 Å². The summed E-state index contributed by atoms with van der Waals surface area (Å²) in [5, 5.41) is 18.4. The number of aromatic nitrogens is 3. The maximum atomic E-state index is 9.32. The molecule has 2 heterocycles. The molecule has 2 aromatic heterocycles. The molecular formula is C15H12N4S. The molecule has 98 valence electrons. The zero-order chi connectivity index (χ0) is 13.8. The molecule has 0 N–H and O–H groups in total. The second kappa shape index (κ2) is 5.76. The summed E-state index contributed by atoms with van der Waals surface area (Å²) in [6.07, 6.45) is 1.93. The van der Waals surface area contributed by atoms with Crippen molar-refractivity contribution < 1.29 is 0 Å². The molecule has 0 aliphatic rings. The van der Waals surface area contributed by atoms with Gasteiger partial charge < -0.3 is 0 Å². The molecule has 0 spiro atoms. The van der Waals surface area contributed by atoms with Crippen LogP contribution in [0.25, 0.3) is 5.65 Å². The number of fused-ring (bicyclic) bond motifs is 1. The van der Waals surface area contributed by atoms with Gasteiger partial charge in [0.15, 0.2) is 10.8 Å². The van der Waals surface area contributed by atoms with E-state index in [1.165, 1.54) is 0 Å². The number of hydrogen-bond donors (Lipinski definition) is 0. The average molecular weight is 280 g/mol. The van der Waals surface area contributed by atoms with Crippen molar-refractivity contribution in [2.45, 2.75) is 11.1 Å². The van der Waals surface area contributed by atoms with Crippen LogP contribution in [-0.4, -0.2) is 20.4 Å². The van der Waals surface area contributed by atoms with Crippen LogP contribution in [0.4, 0.5) is 0 Å². The van der Waals surface area contributed by atoms with Crippen LogP contribution in [0.5, 0.6) is 0 Å². The monoisotopic (exact) mass is 280 g/mol. The number of nitrogens with zero attached hydrogens (tertiary/aromatic N) is 4. The van der Waals surface area contributed by atoms with Gasteiger partial charge in [-0.15, -0.1) is 10.2 Å². The summed E-state index contributed by atoms with van der Waals surface area (Å²) in [5.41, 5.74) is 1.86. The lowest BCUT2D eigenvalue weighted by atomic mass is 10.0. The number of pyridine rings is 1. The highest BCUT2D eigenvalue weighted by Crippen LogP contribution is 2.25. The Hall–Kier alpha value is -2.32. The van der Waals surface area contributed by atoms with Crippen molar-refractivity contribution in [3.63, 3.8) is 0 Å². The Labute approximate surface area is 121 Å². The molecule has 1 unspecified atom stereocenters. The Kier molecular flexibility index (Phi) is 3.66. The summed E-state index contributed by atoms with van der Waals surface area (Å²) in [6.45, 7) is 0. The lowest BCUT2D eigenvalue weighted by Crippen LogP contribution is -1.99. The standard InChI is InChI=1S/C15H12N4S/c16-10-13(12-6-2-1-3-7-12)11-20-15-18-17-14-8-4-5-9-19(14)15/h1-9,13H,11H2. The molecule has 5 heteroatoms. The molecule has 3 aromatic rings. The Balaban J connectivity index is 1.77. The van der Waals surface area contributed by atoms with Gasteiger partial charge in [0.25, 0.3) is 0 Å². The summed E-state index contributed by atoms with van der Waals surface area (Å²) >= 11 is 1.55. The molecule has 0 fully saturated rings. The van der Waals surface area contributed by atoms with Gasteiger partial charge in [0.05, 0.1) is 12.0 Å². The molecule has 0 amide bonds. The molecule has 0 aliphatic carbocycles. The van der Waals surface area contributed by atoms with Crippen molar-refractivity contribution in [1.82, 2.24) is 14.6 Å². The van der Waals surface area contributed by atoms with E-state index in [1.807, 2.05) is 59.1 Å². The van der Waals surface area contributed by atoms with Gasteiger partial charge in [0, 0.05) is 11.9 Å². The zero-order valence-electron chi connectivity index (χ0n) is 10.7. The van der Waals surface area contributed by atoms with Gasteiger partial charge in [-0.2, -0.15) is 5.26 Å². The van der Waals surface area contributed by atoms with Gasteiger partial charge in [-0.1, -0.05) is 48.2 Å². The van der Waals surface area contributed by atoms with E-state index in [9.17, 15) is 5.26 Å². The minimum absolute atomic E-state index is 0.141. The highest BCUT2D eigenvalue weighted by molar-refractivity contribution is 7.99. The molecular weight excluding hydrogens is 268 g/mol.